The molecular weight excluding hydrogens is 501 g/mol. The lowest BCUT2D eigenvalue weighted by molar-refractivity contribution is 0.376. The summed E-state index contributed by atoms with van der Waals surface area (Å²) < 4.78 is 7.62. The smallest absolute Gasteiger partial charge is 0.193 e. The van der Waals surface area contributed by atoms with E-state index in [-0.39, 0.29) is 29.4 Å². The fourth-order valence-electron chi connectivity index (χ4n) is 5.17. The second kappa shape index (κ2) is 10.7. The number of guanidine groups is 1. The Morgan fingerprint density at radius 1 is 1.29 bits per heavy atom. The molecule has 1 saturated carbocycles. The molecule has 2 aromatic rings. The van der Waals surface area contributed by atoms with E-state index in [9.17, 15) is 0 Å². The third-order valence-electron chi connectivity index (χ3n) is 6.79. The quantitative estimate of drug-likeness (QED) is 0.339. The minimum Gasteiger partial charge on any atom is -0.496 e. The van der Waals surface area contributed by atoms with Gasteiger partial charge in [-0.3, -0.25) is 9.67 Å². The molecule has 1 aliphatic heterocycles. The van der Waals surface area contributed by atoms with Crippen LogP contribution in [-0.2, 0) is 12.5 Å². The van der Waals surface area contributed by atoms with Crippen LogP contribution < -0.4 is 10.1 Å². The Labute approximate surface area is 203 Å². The van der Waals surface area contributed by atoms with E-state index >= 15 is 0 Å². The van der Waals surface area contributed by atoms with E-state index in [2.05, 4.69) is 52.7 Å². The number of aromatic nitrogens is 2. The minimum absolute atomic E-state index is 0. The topological polar surface area (TPSA) is 54.7 Å². The van der Waals surface area contributed by atoms with Crippen molar-refractivity contribution in [2.24, 2.45) is 12.0 Å². The molecule has 2 heterocycles. The highest BCUT2D eigenvalue weighted by molar-refractivity contribution is 14.0. The van der Waals surface area contributed by atoms with Crippen molar-refractivity contribution in [1.29, 1.82) is 0 Å². The Kier molecular flexibility index (Phi) is 8.24. The first-order valence-electron chi connectivity index (χ1n) is 11.3. The number of nitrogens with zero attached hydrogens (tertiary/aromatic N) is 4. The van der Waals surface area contributed by atoms with E-state index in [0.29, 0.717) is 5.92 Å². The third kappa shape index (κ3) is 5.18. The van der Waals surface area contributed by atoms with Gasteiger partial charge in [-0.05, 0) is 37.8 Å². The van der Waals surface area contributed by atoms with Crippen molar-refractivity contribution in [3.05, 3.63) is 47.8 Å². The Morgan fingerprint density at radius 3 is 2.74 bits per heavy atom. The number of para-hydroxylation sites is 1. The van der Waals surface area contributed by atoms with Crippen molar-refractivity contribution in [3.8, 4) is 5.75 Å². The van der Waals surface area contributed by atoms with Gasteiger partial charge < -0.3 is 15.0 Å². The van der Waals surface area contributed by atoms with Crippen molar-refractivity contribution in [2.75, 3.05) is 33.3 Å². The lowest BCUT2D eigenvalue weighted by Gasteiger charge is -2.31. The van der Waals surface area contributed by atoms with Gasteiger partial charge in [-0.25, -0.2) is 0 Å². The van der Waals surface area contributed by atoms with Gasteiger partial charge >= 0.3 is 0 Å². The summed E-state index contributed by atoms with van der Waals surface area (Å²) in [6.45, 7) is 5.88. The van der Waals surface area contributed by atoms with E-state index in [4.69, 9.17) is 9.73 Å². The summed E-state index contributed by atoms with van der Waals surface area (Å²) in [6.07, 6.45) is 10.2. The summed E-state index contributed by atoms with van der Waals surface area (Å²) in [5, 5.41) is 7.90. The molecule has 31 heavy (non-hydrogen) atoms. The minimum atomic E-state index is 0. The van der Waals surface area contributed by atoms with Gasteiger partial charge in [0.25, 0.3) is 0 Å². The molecule has 1 N–H and O–H groups in total. The molecule has 1 atom stereocenters. The monoisotopic (exact) mass is 537 g/mol. The zero-order valence-corrected chi connectivity index (χ0v) is 21.3. The van der Waals surface area contributed by atoms with Gasteiger partial charge in [0.05, 0.1) is 19.9 Å². The Morgan fingerprint density at radius 2 is 2.06 bits per heavy atom. The summed E-state index contributed by atoms with van der Waals surface area (Å²) in [5.41, 5.74) is 2.73. The van der Waals surface area contributed by atoms with Gasteiger partial charge in [0.15, 0.2) is 5.96 Å². The van der Waals surface area contributed by atoms with Crippen LogP contribution in [0.1, 0.15) is 56.1 Å². The summed E-state index contributed by atoms with van der Waals surface area (Å²) in [5.74, 6) is 2.57. The predicted molar refractivity (Wildman–Crippen MR) is 137 cm³/mol. The molecule has 2 aliphatic rings. The number of aliphatic imine (C=N–C) groups is 1. The number of benzene rings is 1. The lowest BCUT2D eigenvalue weighted by atomic mass is 9.78. The number of likely N-dealkylation sites (tertiary alicyclic amines) is 1. The molecule has 6 nitrogen and oxygen atoms in total. The van der Waals surface area contributed by atoms with Gasteiger partial charge in [0.2, 0.25) is 0 Å². The molecule has 0 amide bonds. The Balaban J connectivity index is 0.00000272. The van der Waals surface area contributed by atoms with Crippen molar-refractivity contribution in [1.82, 2.24) is 20.0 Å². The summed E-state index contributed by atoms with van der Waals surface area (Å²) in [4.78, 5) is 7.61. The first-order valence-corrected chi connectivity index (χ1v) is 11.3. The second-order valence-electron chi connectivity index (χ2n) is 8.74. The SMILES string of the molecule is CCNC(=NCC1(c2ccccc2OC)CCCC1)N1CCC(c2cnn(C)c2)C1.I. The molecular formula is C24H36IN5O. The molecule has 1 aromatic heterocycles. The number of halogens is 1. The first kappa shape index (κ1) is 23.9. The lowest BCUT2D eigenvalue weighted by Crippen LogP contribution is -2.41. The average Bonchev–Trinajstić information content (AvgIpc) is 3.52. The Hall–Kier alpha value is -1.77. The summed E-state index contributed by atoms with van der Waals surface area (Å²) >= 11 is 0. The van der Waals surface area contributed by atoms with E-state index in [0.717, 1.165) is 44.3 Å². The van der Waals surface area contributed by atoms with E-state index in [1.165, 1.54) is 36.8 Å². The van der Waals surface area contributed by atoms with Gasteiger partial charge in [-0.15, -0.1) is 24.0 Å². The largest absolute Gasteiger partial charge is 0.496 e. The number of methoxy groups -OCH3 is 1. The number of hydrogen-bond donors (Lipinski definition) is 1. The highest BCUT2D eigenvalue weighted by atomic mass is 127. The molecule has 2 fully saturated rings. The molecule has 1 saturated heterocycles. The summed E-state index contributed by atoms with van der Waals surface area (Å²) in [7, 11) is 3.76. The second-order valence-corrected chi connectivity index (χ2v) is 8.74. The van der Waals surface area contributed by atoms with Crippen LogP contribution in [0.2, 0.25) is 0 Å². The normalized spacial score (nSPS) is 20.5. The fraction of sp³-hybridized carbons (Fsp3) is 0.583. The number of hydrogen-bond acceptors (Lipinski definition) is 3. The molecule has 4 rings (SSSR count). The number of aryl methyl sites for hydroxylation is 1. The van der Waals surface area contributed by atoms with Gasteiger partial charge in [-0.1, -0.05) is 31.0 Å². The average molecular weight is 537 g/mol. The molecule has 0 radical (unpaired) electrons. The standard InChI is InChI=1S/C24H35N5O.HI/c1-4-25-23(29-14-11-19(17-29)20-15-27-28(2)16-20)26-18-24(12-7-8-13-24)21-9-5-6-10-22(21)30-3;/h5-6,9-10,15-16,19H,4,7-8,11-14,17-18H2,1-3H3,(H,25,26);1H. The molecule has 170 valence electrons. The van der Waals surface area contributed by atoms with Gasteiger partial charge in [0.1, 0.15) is 5.75 Å². The van der Waals surface area contributed by atoms with Crippen molar-refractivity contribution in [3.63, 3.8) is 0 Å². The van der Waals surface area contributed by atoms with Crippen LogP contribution in [0.5, 0.6) is 5.75 Å². The van der Waals surface area contributed by atoms with Crippen LogP contribution in [0.3, 0.4) is 0 Å². The maximum Gasteiger partial charge on any atom is 0.193 e. The molecule has 1 aliphatic carbocycles. The van der Waals surface area contributed by atoms with Crippen LogP contribution in [0.15, 0.2) is 41.7 Å². The first-order chi connectivity index (χ1) is 14.6. The molecule has 0 spiro atoms. The number of rotatable bonds is 6. The maximum atomic E-state index is 5.72. The molecule has 1 aromatic carbocycles. The zero-order valence-electron chi connectivity index (χ0n) is 19.0. The molecule has 7 heteroatoms. The van der Waals surface area contributed by atoms with Gasteiger partial charge in [-0.2, -0.15) is 5.10 Å². The van der Waals surface area contributed by atoms with Crippen LogP contribution >= 0.6 is 24.0 Å². The number of ether oxygens (including phenoxy) is 1. The predicted octanol–water partition coefficient (Wildman–Crippen LogP) is 4.31. The van der Waals surface area contributed by atoms with Crippen molar-refractivity contribution in [2.45, 2.75) is 50.4 Å². The van der Waals surface area contributed by atoms with E-state index in [1.807, 2.05) is 17.9 Å². The van der Waals surface area contributed by atoms with Gasteiger partial charge in [0, 0.05) is 49.8 Å². The van der Waals surface area contributed by atoms with Crippen LogP contribution in [0, 0.1) is 0 Å². The Bertz CT molecular complexity index is 874. The van der Waals surface area contributed by atoms with Crippen LogP contribution in [0.4, 0.5) is 0 Å². The van der Waals surface area contributed by atoms with Crippen molar-refractivity contribution < 1.29 is 4.74 Å². The maximum absolute atomic E-state index is 5.72. The molecule has 1 unspecified atom stereocenters. The van der Waals surface area contributed by atoms with Crippen LogP contribution in [-0.4, -0.2) is 53.9 Å². The summed E-state index contributed by atoms with van der Waals surface area (Å²) in [6, 6.07) is 8.51. The van der Waals surface area contributed by atoms with E-state index < -0.39 is 0 Å². The van der Waals surface area contributed by atoms with E-state index in [1.54, 1.807) is 7.11 Å². The number of nitrogens with one attached hydrogen (secondary N) is 1. The highest BCUT2D eigenvalue weighted by Gasteiger charge is 2.38. The van der Waals surface area contributed by atoms with Crippen molar-refractivity contribution >= 4 is 29.9 Å². The third-order valence-corrected chi connectivity index (χ3v) is 6.79. The van der Waals surface area contributed by atoms with Crippen LogP contribution in [0.25, 0.3) is 0 Å². The fourth-order valence-corrected chi connectivity index (χ4v) is 5.17. The molecule has 0 bridgehead atoms. The zero-order chi connectivity index (χ0) is 21.0. The highest BCUT2D eigenvalue weighted by Crippen LogP contribution is 2.45.